The molecule has 1 aromatic heterocycles. The Morgan fingerprint density at radius 3 is 2.38 bits per heavy atom. The van der Waals surface area contributed by atoms with Gasteiger partial charge in [-0.05, 0) is 12.1 Å². The van der Waals surface area contributed by atoms with Gasteiger partial charge >= 0.3 is 11.9 Å². The number of halogens is 2. The minimum Gasteiger partial charge on any atom is -0.474 e. The first kappa shape index (κ1) is 10.2. The van der Waals surface area contributed by atoms with Gasteiger partial charge in [-0.25, -0.2) is 13.6 Å². The number of aromatic nitrogens is 2. The number of hydrogen-bond donors (Lipinski definition) is 1. The molecular weight excluding hydrogens is 222 g/mol. The number of aromatic carboxylic acids is 1. The number of benzene rings is 1. The average molecular weight is 226 g/mol. The fourth-order valence-corrected chi connectivity index (χ4v) is 1.11. The molecule has 82 valence electrons. The van der Waals surface area contributed by atoms with Gasteiger partial charge in [-0.1, -0.05) is 6.07 Å². The summed E-state index contributed by atoms with van der Waals surface area (Å²) in [7, 11) is 0. The second-order valence-electron chi connectivity index (χ2n) is 2.81. The molecule has 2 aromatic rings. The van der Waals surface area contributed by atoms with Crippen LogP contribution in [0.25, 0.3) is 11.5 Å². The lowest BCUT2D eigenvalue weighted by atomic mass is 10.2. The minimum absolute atomic E-state index is 0.506. The van der Waals surface area contributed by atoms with E-state index in [1.165, 1.54) is 6.07 Å². The molecule has 0 aliphatic rings. The standard InChI is InChI=1S/C9H4F2N2O3/c10-4-2-1-3-5(11)6(4)7-12-13-8(16-7)9(14)15/h1-3H,(H,14,15). The van der Waals surface area contributed by atoms with E-state index >= 15 is 0 Å². The van der Waals surface area contributed by atoms with E-state index in [1.54, 1.807) is 0 Å². The Bertz CT molecular complexity index is 533. The Morgan fingerprint density at radius 1 is 1.25 bits per heavy atom. The highest BCUT2D eigenvalue weighted by Gasteiger charge is 2.20. The second kappa shape index (κ2) is 3.69. The van der Waals surface area contributed by atoms with Crippen molar-refractivity contribution >= 4 is 5.97 Å². The van der Waals surface area contributed by atoms with E-state index in [0.717, 1.165) is 12.1 Å². The van der Waals surface area contributed by atoms with Gasteiger partial charge in [0, 0.05) is 0 Å². The SMILES string of the molecule is O=C(O)c1nnc(-c2c(F)cccc2F)o1. The van der Waals surface area contributed by atoms with Crippen molar-refractivity contribution in [3.8, 4) is 11.5 Å². The van der Waals surface area contributed by atoms with Crippen molar-refractivity contribution in [2.45, 2.75) is 0 Å². The van der Waals surface area contributed by atoms with E-state index in [-0.39, 0.29) is 0 Å². The topological polar surface area (TPSA) is 76.2 Å². The van der Waals surface area contributed by atoms with Crippen molar-refractivity contribution in [2.24, 2.45) is 0 Å². The van der Waals surface area contributed by atoms with Gasteiger partial charge < -0.3 is 9.52 Å². The Labute approximate surface area is 87.3 Å². The summed E-state index contributed by atoms with van der Waals surface area (Å²) < 4.78 is 31.1. The summed E-state index contributed by atoms with van der Waals surface area (Å²) >= 11 is 0. The van der Waals surface area contributed by atoms with E-state index < -0.39 is 34.9 Å². The molecule has 5 nitrogen and oxygen atoms in total. The first-order valence-corrected chi connectivity index (χ1v) is 4.11. The molecule has 0 amide bonds. The first-order chi connectivity index (χ1) is 7.59. The lowest BCUT2D eigenvalue weighted by Gasteiger charge is -1.97. The number of rotatable bonds is 2. The van der Waals surface area contributed by atoms with Gasteiger partial charge in [-0.3, -0.25) is 0 Å². The summed E-state index contributed by atoms with van der Waals surface area (Å²) in [4.78, 5) is 10.4. The molecule has 0 atom stereocenters. The molecule has 0 saturated carbocycles. The maximum Gasteiger partial charge on any atom is 0.393 e. The van der Waals surface area contributed by atoms with Crippen LogP contribution >= 0.6 is 0 Å². The predicted octanol–water partition coefficient (Wildman–Crippen LogP) is 1.71. The average Bonchev–Trinajstić information content (AvgIpc) is 2.66. The highest BCUT2D eigenvalue weighted by Crippen LogP contribution is 2.24. The zero-order chi connectivity index (χ0) is 11.7. The van der Waals surface area contributed by atoms with Crippen molar-refractivity contribution in [3.63, 3.8) is 0 Å². The molecule has 0 aliphatic heterocycles. The molecule has 1 aromatic carbocycles. The maximum atomic E-state index is 13.2. The fraction of sp³-hybridized carbons (Fsp3) is 0. The fourth-order valence-electron chi connectivity index (χ4n) is 1.11. The molecular formula is C9H4F2N2O3. The summed E-state index contributed by atoms with van der Waals surface area (Å²) in [6.45, 7) is 0. The summed E-state index contributed by atoms with van der Waals surface area (Å²) in [5.74, 6) is -4.50. The Kier molecular flexibility index (Phi) is 2.35. The Balaban J connectivity index is 2.54. The maximum absolute atomic E-state index is 13.2. The lowest BCUT2D eigenvalue weighted by molar-refractivity contribution is 0.0654. The number of hydrogen-bond acceptors (Lipinski definition) is 4. The van der Waals surface area contributed by atoms with Crippen LogP contribution in [0.3, 0.4) is 0 Å². The van der Waals surface area contributed by atoms with Crippen LogP contribution in [0.2, 0.25) is 0 Å². The summed E-state index contributed by atoms with van der Waals surface area (Å²) in [5, 5.41) is 14.9. The molecule has 7 heteroatoms. The molecule has 1 heterocycles. The minimum atomic E-state index is -1.46. The lowest BCUT2D eigenvalue weighted by Crippen LogP contribution is -1.95. The molecule has 1 N–H and O–H groups in total. The van der Waals surface area contributed by atoms with E-state index in [0.29, 0.717) is 0 Å². The van der Waals surface area contributed by atoms with Crippen LogP contribution in [0.4, 0.5) is 8.78 Å². The molecule has 0 unspecified atom stereocenters. The third-order valence-corrected chi connectivity index (χ3v) is 1.78. The predicted molar refractivity (Wildman–Crippen MR) is 46.6 cm³/mol. The van der Waals surface area contributed by atoms with Crippen molar-refractivity contribution in [1.82, 2.24) is 10.2 Å². The van der Waals surface area contributed by atoms with Crippen molar-refractivity contribution < 1.29 is 23.1 Å². The van der Waals surface area contributed by atoms with Gasteiger partial charge in [0.15, 0.2) is 0 Å². The highest BCUT2D eigenvalue weighted by atomic mass is 19.1. The van der Waals surface area contributed by atoms with Crippen LogP contribution in [0.1, 0.15) is 10.7 Å². The van der Waals surface area contributed by atoms with Crippen molar-refractivity contribution in [3.05, 3.63) is 35.7 Å². The molecule has 0 aliphatic carbocycles. The van der Waals surface area contributed by atoms with Crippen LogP contribution in [-0.2, 0) is 0 Å². The van der Waals surface area contributed by atoms with E-state index in [1.807, 2.05) is 0 Å². The summed E-state index contributed by atoms with van der Waals surface area (Å²) in [5.41, 5.74) is -0.539. The molecule has 0 fully saturated rings. The summed E-state index contributed by atoms with van der Waals surface area (Å²) in [6.07, 6.45) is 0. The largest absolute Gasteiger partial charge is 0.474 e. The van der Waals surface area contributed by atoms with Gasteiger partial charge in [0.1, 0.15) is 17.2 Å². The van der Waals surface area contributed by atoms with Crippen LogP contribution in [0.5, 0.6) is 0 Å². The normalized spacial score (nSPS) is 10.4. The van der Waals surface area contributed by atoms with E-state index in [2.05, 4.69) is 14.6 Å². The third kappa shape index (κ3) is 1.62. The molecule has 16 heavy (non-hydrogen) atoms. The quantitative estimate of drug-likeness (QED) is 0.843. The van der Waals surface area contributed by atoms with Crippen LogP contribution in [0.15, 0.2) is 22.6 Å². The third-order valence-electron chi connectivity index (χ3n) is 1.78. The number of carbonyl (C=O) groups is 1. The highest BCUT2D eigenvalue weighted by molar-refractivity contribution is 5.82. The van der Waals surface area contributed by atoms with E-state index in [4.69, 9.17) is 5.11 Å². The monoisotopic (exact) mass is 226 g/mol. The van der Waals surface area contributed by atoms with Crippen molar-refractivity contribution in [1.29, 1.82) is 0 Å². The number of nitrogens with zero attached hydrogens (tertiary/aromatic N) is 2. The van der Waals surface area contributed by atoms with E-state index in [9.17, 15) is 13.6 Å². The first-order valence-electron chi connectivity index (χ1n) is 4.11. The molecule has 0 spiro atoms. The van der Waals surface area contributed by atoms with Crippen LogP contribution in [-0.4, -0.2) is 21.3 Å². The van der Waals surface area contributed by atoms with Gasteiger partial charge in [0.25, 0.3) is 5.89 Å². The zero-order valence-electron chi connectivity index (χ0n) is 7.65. The van der Waals surface area contributed by atoms with Gasteiger partial charge in [0.05, 0.1) is 0 Å². The number of carboxylic acids is 1. The zero-order valence-corrected chi connectivity index (χ0v) is 7.65. The molecule has 0 radical (unpaired) electrons. The van der Waals surface area contributed by atoms with Gasteiger partial charge in [-0.2, -0.15) is 0 Å². The number of carboxylic acid groups (broad SMARTS) is 1. The van der Waals surface area contributed by atoms with Gasteiger partial charge in [0.2, 0.25) is 0 Å². The Hall–Kier alpha value is -2.31. The molecule has 0 saturated heterocycles. The van der Waals surface area contributed by atoms with Crippen molar-refractivity contribution in [2.75, 3.05) is 0 Å². The van der Waals surface area contributed by atoms with Crippen LogP contribution < -0.4 is 0 Å². The van der Waals surface area contributed by atoms with Crippen LogP contribution in [0, 0.1) is 11.6 Å². The van der Waals surface area contributed by atoms with Gasteiger partial charge in [-0.15, -0.1) is 10.2 Å². The smallest absolute Gasteiger partial charge is 0.393 e. The molecule has 0 bridgehead atoms. The summed E-state index contributed by atoms with van der Waals surface area (Å²) in [6, 6.07) is 3.18. The second-order valence-corrected chi connectivity index (χ2v) is 2.81. The Morgan fingerprint density at radius 2 is 1.88 bits per heavy atom. The molecule has 2 rings (SSSR count).